The molecule has 0 aliphatic carbocycles. The van der Waals surface area contributed by atoms with E-state index in [0.717, 1.165) is 0 Å². The molecule has 10 nitrogen and oxygen atoms in total. The lowest BCUT2D eigenvalue weighted by Gasteiger charge is -2.15. The molecular weight excluding hydrogens is 384 g/mol. The number of methoxy groups -OCH3 is 1. The largest absolute Gasteiger partial charge is 0.497 e. The Morgan fingerprint density at radius 3 is 2.50 bits per heavy atom. The first-order valence-electron chi connectivity index (χ1n) is 7.80. The molecule has 3 aromatic rings. The Kier molecular flexibility index (Phi) is 5.14. The molecule has 11 heteroatoms. The molecule has 0 fully saturated rings. The van der Waals surface area contributed by atoms with Crippen LogP contribution in [-0.4, -0.2) is 25.1 Å². The minimum absolute atomic E-state index is 0.0570. The molecule has 0 saturated heterocycles. The quantitative estimate of drug-likeness (QED) is 0.397. The average Bonchev–Trinajstić information content (AvgIpc) is 2.68. The van der Waals surface area contributed by atoms with Crippen molar-refractivity contribution in [3.8, 4) is 22.7 Å². The van der Waals surface area contributed by atoms with Gasteiger partial charge in [-0.3, -0.25) is 4.57 Å². The number of azide groups is 1. The summed E-state index contributed by atoms with van der Waals surface area (Å²) in [4.78, 5) is 19.0. The molecule has 0 radical (unpaired) electrons. The van der Waals surface area contributed by atoms with Gasteiger partial charge < -0.3 is 4.74 Å². The molecule has 28 heavy (non-hydrogen) atoms. The predicted molar refractivity (Wildman–Crippen MR) is 102 cm³/mol. The fourth-order valence-corrected chi connectivity index (χ4v) is 3.14. The van der Waals surface area contributed by atoms with E-state index in [0.29, 0.717) is 22.7 Å². The van der Waals surface area contributed by atoms with Crippen molar-refractivity contribution in [3.63, 3.8) is 0 Å². The summed E-state index contributed by atoms with van der Waals surface area (Å²) in [5.74, 6) is 0.446. The van der Waals surface area contributed by atoms with Gasteiger partial charge in [0.25, 0.3) is 0 Å². The maximum Gasteiger partial charge on any atom is 0.352 e. The van der Waals surface area contributed by atoms with E-state index in [4.69, 9.17) is 15.4 Å². The molecule has 0 atom stereocenters. The molecule has 0 bridgehead atoms. The Hall–Kier alpha value is -3.66. The van der Waals surface area contributed by atoms with E-state index in [1.807, 2.05) is 0 Å². The van der Waals surface area contributed by atoms with Gasteiger partial charge in [-0.1, -0.05) is 17.2 Å². The highest BCUT2D eigenvalue weighted by molar-refractivity contribution is 7.89. The molecule has 1 heterocycles. The van der Waals surface area contributed by atoms with E-state index >= 15 is 0 Å². The third-order valence-electron chi connectivity index (χ3n) is 3.90. The summed E-state index contributed by atoms with van der Waals surface area (Å²) in [7, 11) is -2.38. The Labute approximate surface area is 159 Å². The van der Waals surface area contributed by atoms with Gasteiger partial charge in [0.05, 0.1) is 29.1 Å². The van der Waals surface area contributed by atoms with Crippen LogP contribution in [0, 0.1) is 0 Å². The Bertz CT molecular complexity index is 1250. The SMILES string of the molecule is COc1ccc(-n2c(-c3ccc(S(N)(=O)=O)cc3)ccnc2=O)c(N=[N+]=[N-])c1. The van der Waals surface area contributed by atoms with Crippen LogP contribution < -0.4 is 15.6 Å². The second-order valence-corrected chi connectivity index (χ2v) is 7.12. The number of rotatable bonds is 5. The standard InChI is InChI=1S/C17H14N6O4S/c1-27-12-4-7-16(14(10-12)21-22-18)23-15(8-9-20-17(23)24)11-2-5-13(6-3-11)28(19,25)26/h2-10H,1H3,(H2,19,25,26). The van der Waals surface area contributed by atoms with Gasteiger partial charge in [0.1, 0.15) is 5.75 Å². The molecule has 0 amide bonds. The topological polar surface area (TPSA) is 153 Å². The molecule has 0 aliphatic rings. The van der Waals surface area contributed by atoms with Crippen LogP contribution in [0.15, 0.2) is 69.5 Å². The molecule has 142 valence electrons. The lowest BCUT2D eigenvalue weighted by molar-refractivity contribution is 0.415. The van der Waals surface area contributed by atoms with Crippen LogP contribution in [-0.2, 0) is 10.0 Å². The van der Waals surface area contributed by atoms with Gasteiger partial charge in [0.15, 0.2) is 0 Å². The number of nitrogens with zero attached hydrogens (tertiary/aromatic N) is 5. The van der Waals surface area contributed by atoms with Gasteiger partial charge >= 0.3 is 5.69 Å². The van der Waals surface area contributed by atoms with Crippen molar-refractivity contribution in [1.29, 1.82) is 0 Å². The second kappa shape index (κ2) is 7.53. The van der Waals surface area contributed by atoms with E-state index in [-0.39, 0.29) is 10.6 Å². The number of hydrogen-bond donors (Lipinski definition) is 1. The molecular formula is C17H14N6O4S. The van der Waals surface area contributed by atoms with Crippen LogP contribution in [0.3, 0.4) is 0 Å². The zero-order valence-corrected chi connectivity index (χ0v) is 15.4. The maximum atomic E-state index is 12.5. The van der Waals surface area contributed by atoms with Crippen molar-refractivity contribution < 1.29 is 13.2 Å². The molecule has 2 aromatic carbocycles. The summed E-state index contributed by atoms with van der Waals surface area (Å²) in [6, 6.07) is 11.9. The van der Waals surface area contributed by atoms with E-state index in [1.54, 1.807) is 18.2 Å². The number of aromatic nitrogens is 2. The van der Waals surface area contributed by atoms with Gasteiger partial charge in [-0.25, -0.2) is 23.3 Å². The normalized spacial score (nSPS) is 10.9. The summed E-state index contributed by atoms with van der Waals surface area (Å²) in [5, 5.41) is 8.75. The molecule has 1 aromatic heterocycles. The Morgan fingerprint density at radius 1 is 1.18 bits per heavy atom. The zero-order valence-electron chi connectivity index (χ0n) is 14.6. The summed E-state index contributed by atoms with van der Waals surface area (Å²) < 4.78 is 29.3. The summed E-state index contributed by atoms with van der Waals surface area (Å²) in [6.45, 7) is 0. The van der Waals surface area contributed by atoms with Gasteiger partial charge in [0, 0.05) is 11.1 Å². The van der Waals surface area contributed by atoms with Gasteiger partial charge in [-0.2, -0.15) is 0 Å². The zero-order chi connectivity index (χ0) is 20.3. The van der Waals surface area contributed by atoms with Gasteiger partial charge in [-0.05, 0) is 47.5 Å². The number of ether oxygens (including phenoxy) is 1. The first-order valence-corrected chi connectivity index (χ1v) is 9.34. The highest BCUT2D eigenvalue weighted by Crippen LogP contribution is 2.31. The van der Waals surface area contributed by atoms with E-state index in [1.165, 1.54) is 48.2 Å². The summed E-state index contributed by atoms with van der Waals surface area (Å²) in [5.41, 5.74) is 9.67. The van der Waals surface area contributed by atoms with Crippen molar-refractivity contribution in [1.82, 2.24) is 9.55 Å². The number of primary sulfonamides is 1. The van der Waals surface area contributed by atoms with Crippen LogP contribution in [0.2, 0.25) is 0 Å². The van der Waals surface area contributed by atoms with Gasteiger partial charge in [-0.15, -0.1) is 0 Å². The van der Waals surface area contributed by atoms with Gasteiger partial charge in [0.2, 0.25) is 10.0 Å². The van der Waals surface area contributed by atoms with Crippen molar-refractivity contribution in [3.05, 3.63) is 75.7 Å². The molecule has 0 saturated carbocycles. The van der Waals surface area contributed by atoms with Crippen LogP contribution in [0.1, 0.15) is 0 Å². The highest BCUT2D eigenvalue weighted by atomic mass is 32.2. The number of nitrogens with two attached hydrogens (primary N) is 1. The number of benzene rings is 2. The minimum Gasteiger partial charge on any atom is -0.497 e. The third kappa shape index (κ3) is 3.71. The van der Waals surface area contributed by atoms with Crippen molar-refractivity contribution in [2.45, 2.75) is 4.90 Å². The maximum absolute atomic E-state index is 12.5. The van der Waals surface area contributed by atoms with E-state index in [2.05, 4.69) is 15.0 Å². The van der Waals surface area contributed by atoms with Crippen LogP contribution >= 0.6 is 0 Å². The molecule has 0 unspecified atom stereocenters. The number of hydrogen-bond acceptors (Lipinski definition) is 6. The molecule has 3 rings (SSSR count). The molecule has 2 N–H and O–H groups in total. The monoisotopic (exact) mass is 398 g/mol. The summed E-state index contributed by atoms with van der Waals surface area (Å²) in [6.07, 6.45) is 1.33. The van der Waals surface area contributed by atoms with Crippen LogP contribution in [0.4, 0.5) is 5.69 Å². The van der Waals surface area contributed by atoms with E-state index < -0.39 is 15.7 Å². The Balaban J connectivity index is 2.25. The van der Waals surface area contributed by atoms with Crippen LogP contribution in [0.5, 0.6) is 5.75 Å². The smallest absolute Gasteiger partial charge is 0.352 e. The van der Waals surface area contributed by atoms with Crippen molar-refractivity contribution >= 4 is 15.7 Å². The average molecular weight is 398 g/mol. The second-order valence-electron chi connectivity index (χ2n) is 5.56. The van der Waals surface area contributed by atoms with Crippen LogP contribution in [0.25, 0.3) is 27.4 Å². The third-order valence-corrected chi connectivity index (χ3v) is 4.83. The lowest BCUT2D eigenvalue weighted by atomic mass is 10.1. The Morgan fingerprint density at radius 2 is 1.89 bits per heavy atom. The molecule has 0 aliphatic heterocycles. The fraction of sp³-hybridized carbons (Fsp3) is 0.0588. The fourth-order valence-electron chi connectivity index (χ4n) is 2.63. The summed E-state index contributed by atoms with van der Waals surface area (Å²) >= 11 is 0. The predicted octanol–water partition coefficient (Wildman–Crippen LogP) is 2.50. The van der Waals surface area contributed by atoms with Crippen molar-refractivity contribution in [2.24, 2.45) is 10.3 Å². The number of sulfonamides is 1. The minimum atomic E-state index is -3.84. The first-order chi connectivity index (χ1) is 13.3. The van der Waals surface area contributed by atoms with E-state index in [9.17, 15) is 13.2 Å². The lowest BCUT2D eigenvalue weighted by Crippen LogP contribution is -2.22. The molecule has 0 spiro atoms. The highest BCUT2D eigenvalue weighted by Gasteiger charge is 2.14. The first kappa shape index (κ1) is 19.1. The van der Waals surface area contributed by atoms with Crippen molar-refractivity contribution in [2.75, 3.05) is 7.11 Å².